The molecule has 10 heteroatoms. The number of esters is 3. The Balaban J connectivity index is 1.32. The normalized spacial score (nSPS) is 29.5. The number of ether oxygens (including phenoxy) is 3. The first-order chi connectivity index (χ1) is 13.6. The summed E-state index contributed by atoms with van der Waals surface area (Å²) in [6.45, 7) is -0.570. The van der Waals surface area contributed by atoms with E-state index >= 15 is 0 Å². The molecule has 0 unspecified atom stereocenters. The monoisotopic (exact) mass is 412 g/mol. The van der Waals surface area contributed by atoms with Crippen molar-refractivity contribution in [1.82, 2.24) is 0 Å². The molecule has 4 rings (SSSR count). The van der Waals surface area contributed by atoms with Crippen molar-refractivity contribution in [3.63, 3.8) is 0 Å². The first-order valence-electron chi connectivity index (χ1n) is 8.94. The van der Waals surface area contributed by atoms with E-state index in [-0.39, 0.29) is 29.3 Å². The fraction of sp³-hybridized carbons (Fsp3) is 0.474. The Labute approximate surface area is 162 Å². The van der Waals surface area contributed by atoms with Crippen LogP contribution >= 0.6 is 0 Å². The molecule has 29 heavy (non-hydrogen) atoms. The minimum Gasteiger partial charge on any atom is -0.462 e. The van der Waals surface area contributed by atoms with E-state index in [1.807, 2.05) is 0 Å². The molecule has 2 bridgehead atoms. The van der Waals surface area contributed by atoms with Crippen molar-refractivity contribution in [3.05, 3.63) is 29.8 Å². The summed E-state index contributed by atoms with van der Waals surface area (Å²) in [6.07, 6.45) is -3.90. The standard InChI is InChI=1S/C19H15F3O7/c20-19(21,22)18(26)28-10-3-1-8(2-4-10)12(23)7-27-16(24)14-9-5-11-13(6-9)29-17(25)15(11)14/h1-4,9,11,13-15H,5-7H2/t9-,11-,13-,14-,15+/m1/s1. The van der Waals surface area contributed by atoms with Gasteiger partial charge in [-0.25, -0.2) is 4.79 Å². The van der Waals surface area contributed by atoms with Crippen LogP contribution in [0.1, 0.15) is 23.2 Å². The van der Waals surface area contributed by atoms with Gasteiger partial charge in [0.2, 0.25) is 0 Å². The van der Waals surface area contributed by atoms with Gasteiger partial charge in [-0.2, -0.15) is 13.2 Å². The largest absolute Gasteiger partial charge is 0.491 e. The Morgan fingerprint density at radius 1 is 1.10 bits per heavy atom. The first kappa shape index (κ1) is 19.4. The molecule has 0 radical (unpaired) electrons. The van der Waals surface area contributed by atoms with Crippen molar-refractivity contribution >= 4 is 23.7 Å². The minimum atomic E-state index is -5.13. The summed E-state index contributed by atoms with van der Waals surface area (Å²) in [5, 5.41) is 0. The summed E-state index contributed by atoms with van der Waals surface area (Å²) in [7, 11) is 0. The molecule has 0 spiro atoms. The highest BCUT2D eigenvalue weighted by molar-refractivity contribution is 5.98. The minimum absolute atomic E-state index is 0.00616. The third-order valence-corrected chi connectivity index (χ3v) is 5.72. The number of rotatable bonds is 5. The molecule has 2 saturated carbocycles. The summed E-state index contributed by atoms with van der Waals surface area (Å²) in [5.41, 5.74) is 0.0675. The predicted molar refractivity (Wildman–Crippen MR) is 86.5 cm³/mol. The van der Waals surface area contributed by atoms with Crippen molar-refractivity contribution in [2.24, 2.45) is 23.7 Å². The van der Waals surface area contributed by atoms with E-state index in [0.29, 0.717) is 6.42 Å². The van der Waals surface area contributed by atoms with E-state index in [4.69, 9.17) is 9.47 Å². The van der Waals surface area contributed by atoms with Crippen LogP contribution in [0.3, 0.4) is 0 Å². The number of fused-ring (bicyclic) bond motifs is 1. The van der Waals surface area contributed by atoms with Crippen molar-refractivity contribution in [3.8, 4) is 5.75 Å². The third kappa shape index (κ3) is 3.47. The highest BCUT2D eigenvalue weighted by Crippen LogP contribution is 2.57. The number of hydrogen-bond donors (Lipinski definition) is 0. The van der Waals surface area contributed by atoms with Crippen molar-refractivity contribution in [2.75, 3.05) is 6.61 Å². The molecule has 154 valence electrons. The van der Waals surface area contributed by atoms with Gasteiger partial charge in [0.1, 0.15) is 11.9 Å². The maximum Gasteiger partial charge on any atom is 0.491 e. The van der Waals surface area contributed by atoms with Gasteiger partial charge in [0.15, 0.2) is 12.4 Å². The molecule has 3 fully saturated rings. The third-order valence-electron chi connectivity index (χ3n) is 5.72. The van der Waals surface area contributed by atoms with E-state index in [9.17, 15) is 32.3 Å². The molecule has 0 N–H and O–H groups in total. The average Bonchev–Trinajstić information content (AvgIpc) is 3.28. The first-order valence-corrected chi connectivity index (χ1v) is 8.94. The van der Waals surface area contributed by atoms with Gasteiger partial charge in [0.05, 0.1) is 11.8 Å². The Hall–Kier alpha value is -2.91. The molecule has 0 aromatic heterocycles. The van der Waals surface area contributed by atoms with Crippen molar-refractivity contribution < 1.29 is 46.6 Å². The quantitative estimate of drug-likeness (QED) is 0.415. The summed E-state index contributed by atoms with van der Waals surface area (Å²) >= 11 is 0. The SMILES string of the molecule is O=C(COC(=O)[C@@H]1[C@@H]2C[C@H]3[C@@H]1C(=O)O[C@@H]3C2)c1ccc(OC(=O)C(F)(F)F)cc1. The maximum atomic E-state index is 12.4. The lowest BCUT2D eigenvalue weighted by Gasteiger charge is -2.22. The maximum absolute atomic E-state index is 12.4. The van der Waals surface area contributed by atoms with Gasteiger partial charge in [0, 0.05) is 11.5 Å². The van der Waals surface area contributed by atoms with Gasteiger partial charge in [0.25, 0.3) is 0 Å². The van der Waals surface area contributed by atoms with Crippen LogP contribution in [-0.2, 0) is 23.9 Å². The van der Waals surface area contributed by atoms with E-state index in [1.165, 1.54) is 0 Å². The van der Waals surface area contributed by atoms with Crippen LogP contribution in [0.2, 0.25) is 0 Å². The van der Waals surface area contributed by atoms with Crippen LogP contribution in [0.5, 0.6) is 5.75 Å². The van der Waals surface area contributed by atoms with E-state index in [0.717, 1.165) is 30.7 Å². The zero-order valence-corrected chi connectivity index (χ0v) is 14.8. The lowest BCUT2D eigenvalue weighted by Crippen LogP contribution is -2.34. The molecule has 1 heterocycles. The van der Waals surface area contributed by atoms with Crippen LogP contribution in [-0.4, -0.2) is 42.6 Å². The molecule has 1 aromatic rings. The fourth-order valence-electron chi connectivity index (χ4n) is 4.52. The molecule has 1 aliphatic heterocycles. The van der Waals surface area contributed by atoms with E-state index in [1.54, 1.807) is 0 Å². The van der Waals surface area contributed by atoms with Crippen molar-refractivity contribution in [2.45, 2.75) is 25.1 Å². The second-order valence-corrected chi connectivity index (χ2v) is 7.36. The van der Waals surface area contributed by atoms with Gasteiger partial charge in [-0.1, -0.05) is 0 Å². The summed E-state index contributed by atoms with van der Waals surface area (Å²) < 4.78 is 51.0. The second-order valence-electron chi connectivity index (χ2n) is 7.36. The highest BCUT2D eigenvalue weighted by Gasteiger charge is 2.64. The predicted octanol–water partition coefficient (Wildman–Crippen LogP) is 2.08. The molecule has 3 aliphatic rings. The van der Waals surface area contributed by atoms with Gasteiger partial charge in [-0.3, -0.25) is 14.4 Å². The van der Waals surface area contributed by atoms with Gasteiger partial charge in [-0.05, 0) is 43.0 Å². The lowest BCUT2D eigenvalue weighted by atomic mass is 9.80. The van der Waals surface area contributed by atoms with Crippen molar-refractivity contribution in [1.29, 1.82) is 0 Å². The Morgan fingerprint density at radius 2 is 1.79 bits per heavy atom. The lowest BCUT2D eigenvalue weighted by molar-refractivity contribution is -0.189. The van der Waals surface area contributed by atoms with Gasteiger partial charge in [-0.15, -0.1) is 0 Å². The number of carbonyl (C=O) groups is 4. The zero-order chi connectivity index (χ0) is 20.9. The molecule has 2 aliphatic carbocycles. The topological polar surface area (TPSA) is 96.0 Å². The molecular formula is C19H15F3O7. The zero-order valence-electron chi connectivity index (χ0n) is 14.8. The number of benzene rings is 1. The number of hydrogen-bond acceptors (Lipinski definition) is 7. The van der Waals surface area contributed by atoms with Crippen LogP contribution in [0.15, 0.2) is 24.3 Å². The Kier molecular flexibility index (Phi) is 4.59. The van der Waals surface area contributed by atoms with E-state index in [2.05, 4.69) is 4.74 Å². The van der Waals surface area contributed by atoms with Crippen LogP contribution < -0.4 is 4.74 Å². The molecule has 1 aromatic carbocycles. The highest BCUT2D eigenvalue weighted by atomic mass is 19.4. The Bertz CT molecular complexity index is 875. The van der Waals surface area contributed by atoms with E-state index < -0.39 is 48.3 Å². The molecule has 7 nitrogen and oxygen atoms in total. The van der Waals surface area contributed by atoms with Crippen LogP contribution in [0, 0.1) is 23.7 Å². The second kappa shape index (κ2) is 6.85. The number of ketones is 1. The molecular weight excluding hydrogens is 397 g/mol. The summed E-state index contributed by atoms with van der Waals surface area (Å²) in [6, 6.07) is 4.38. The number of halogens is 3. The average molecular weight is 412 g/mol. The van der Waals surface area contributed by atoms with Gasteiger partial charge < -0.3 is 14.2 Å². The molecule has 5 atom stereocenters. The summed E-state index contributed by atoms with van der Waals surface area (Å²) in [5.74, 6) is -5.42. The number of carbonyl (C=O) groups excluding carboxylic acids is 4. The number of Topliss-reactive ketones (excluding diaryl/α,β-unsaturated/α-hetero) is 1. The van der Waals surface area contributed by atoms with Crippen LogP contribution in [0.25, 0.3) is 0 Å². The van der Waals surface area contributed by atoms with Gasteiger partial charge >= 0.3 is 24.1 Å². The van der Waals surface area contributed by atoms with Crippen LogP contribution in [0.4, 0.5) is 13.2 Å². The molecule has 1 saturated heterocycles. The summed E-state index contributed by atoms with van der Waals surface area (Å²) in [4.78, 5) is 47.3. The molecule has 0 amide bonds. The fourth-order valence-corrected chi connectivity index (χ4v) is 4.52. The Morgan fingerprint density at radius 3 is 2.45 bits per heavy atom. The number of alkyl halides is 3. The smallest absolute Gasteiger partial charge is 0.462 e.